The first-order valence-electron chi connectivity index (χ1n) is 6.02. The first-order valence-corrected chi connectivity index (χ1v) is 7.51. The average Bonchev–Trinajstić information content (AvgIpc) is 2.37. The predicted molar refractivity (Wildman–Crippen MR) is 79.8 cm³/mol. The Labute approximate surface area is 122 Å². The lowest BCUT2D eigenvalue weighted by Gasteiger charge is -2.12. The zero-order valence-corrected chi connectivity index (χ0v) is 12.0. The Morgan fingerprint density at radius 2 is 1.86 bits per heavy atom. The average molecular weight is 306 g/mol. The van der Waals surface area contributed by atoms with Crippen LogP contribution < -0.4 is 10.5 Å². The second kappa shape index (κ2) is 5.45. The third-order valence-electron chi connectivity index (χ3n) is 2.89. The minimum atomic E-state index is -3.89. The highest BCUT2D eigenvalue weighted by atomic mass is 32.2. The van der Waals surface area contributed by atoms with E-state index in [4.69, 9.17) is 10.8 Å². The summed E-state index contributed by atoms with van der Waals surface area (Å²) in [7, 11) is -3.89. The maximum Gasteiger partial charge on any atom is 0.337 e. The largest absolute Gasteiger partial charge is 0.478 e. The molecular weight excluding hydrogens is 292 g/mol. The number of para-hydroxylation sites is 1. The molecule has 0 aliphatic carbocycles. The molecule has 0 heterocycles. The van der Waals surface area contributed by atoms with E-state index in [9.17, 15) is 13.2 Å². The number of carboxylic acids is 1. The van der Waals surface area contributed by atoms with Crippen LogP contribution in [-0.2, 0) is 10.0 Å². The summed E-state index contributed by atoms with van der Waals surface area (Å²) in [5.74, 6) is -1.21. The van der Waals surface area contributed by atoms with Crippen molar-refractivity contribution >= 4 is 27.4 Å². The van der Waals surface area contributed by atoms with Crippen LogP contribution in [0.25, 0.3) is 0 Å². The Morgan fingerprint density at radius 1 is 1.19 bits per heavy atom. The number of carbonyl (C=O) groups is 1. The minimum absolute atomic E-state index is 0.0150. The molecule has 110 valence electrons. The Balaban J connectivity index is 2.45. The minimum Gasteiger partial charge on any atom is -0.478 e. The van der Waals surface area contributed by atoms with Gasteiger partial charge >= 0.3 is 5.97 Å². The Kier molecular flexibility index (Phi) is 3.86. The van der Waals surface area contributed by atoms with Crippen LogP contribution >= 0.6 is 0 Å². The molecule has 0 aliphatic heterocycles. The van der Waals surface area contributed by atoms with Crippen molar-refractivity contribution in [1.82, 2.24) is 0 Å². The highest BCUT2D eigenvalue weighted by Gasteiger charge is 2.19. The van der Waals surface area contributed by atoms with Gasteiger partial charge in [-0.25, -0.2) is 13.2 Å². The maximum absolute atomic E-state index is 12.4. The summed E-state index contributed by atoms with van der Waals surface area (Å²) in [5, 5.41) is 9.07. The lowest BCUT2D eigenvalue weighted by molar-refractivity contribution is 0.0698. The lowest BCUT2D eigenvalue weighted by atomic mass is 10.2. The zero-order chi connectivity index (χ0) is 15.6. The summed E-state index contributed by atoms with van der Waals surface area (Å²) >= 11 is 0. The fourth-order valence-electron chi connectivity index (χ4n) is 1.93. The molecule has 2 aromatic carbocycles. The quantitative estimate of drug-likeness (QED) is 0.749. The van der Waals surface area contributed by atoms with Crippen LogP contribution in [0, 0.1) is 6.92 Å². The van der Waals surface area contributed by atoms with Gasteiger partial charge in [-0.1, -0.05) is 12.1 Å². The summed E-state index contributed by atoms with van der Waals surface area (Å²) in [6.07, 6.45) is 0. The number of nitrogen functional groups attached to an aromatic ring is 1. The van der Waals surface area contributed by atoms with Crippen molar-refractivity contribution in [2.24, 2.45) is 0 Å². The van der Waals surface area contributed by atoms with Crippen LogP contribution in [0.1, 0.15) is 15.9 Å². The molecule has 0 fully saturated rings. The topological polar surface area (TPSA) is 109 Å². The summed E-state index contributed by atoms with van der Waals surface area (Å²) in [5.41, 5.74) is 6.43. The molecule has 6 nitrogen and oxygen atoms in total. The van der Waals surface area contributed by atoms with Gasteiger partial charge in [-0.15, -0.1) is 0 Å². The van der Waals surface area contributed by atoms with Gasteiger partial charge in [0, 0.05) is 5.69 Å². The molecule has 4 N–H and O–H groups in total. The summed E-state index contributed by atoms with van der Waals surface area (Å²) < 4.78 is 27.0. The van der Waals surface area contributed by atoms with Gasteiger partial charge in [-0.05, 0) is 42.8 Å². The first-order chi connectivity index (χ1) is 9.81. The van der Waals surface area contributed by atoms with E-state index in [0.29, 0.717) is 11.3 Å². The number of nitrogens with one attached hydrogen (secondary N) is 1. The molecule has 2 aromatic rings. The number of rotatable bonds is 4. The molecule has 0 bridgehead atoms. The van der Waals surface area contributed by atoms with E-state index in [0.717, 1.165) is 0 Å². The Morgan fingerprint density at radius 3 is 2.48 bits per heavy atom. The van der Waals surface area contributed by atoms with Crippen molar-refractivity contribution in [2.45, 2.75) is 11.8 Å². The monoisotopic (exact) mass is 306 g/mol. The van der Waals surface area contributed by atoms with Crippen molar-refractivity contribution < 1.29 is 18.3 Å². The van der Waals surface area contributed by atoms with E-state index in [-0.39, 0.29) is 16.1 Å². The standard InChI is InChI=1S/C14H14N2O4S/c1-9-8-10(15)6-7-13(9)21(19,20)16-12-5-3-2-4-11(12)14(17)18/h2-8,16H,15H2,1H3,(H,17,18). The zero-order valence-electron chi connectivity index (χ0n) is 11.2. The highest BCUT2D eigenvalue weighted by Crippen LogP contribution is 2.23. The molecule has 0 amide bonds. The molecule has 0 unspecified atom stereocenters. The highest BCUT2D eigenvalue weighted by molar-refractivity contribution is 7.92. The van der Waals surface area contributed by atoms with Crippen molar-refractivity contribution in [3.63, 3.8) is 0 Å². The molecule has 2 rings (SSSR count). The molecule has 0 spiro atoms. The van der Waals surface area contributed by atoms with Crippen LogP contribution in [0.3, 0.4) is 0 Å². The van der Waals surface area contributed by atoms with Gasteiger partial charge in [0.1, 0.15) is 0 Å². The summed E-state index contributed by atoms with van der Waals surface area (Å²) in [4.78, 5) is 11.2. The van der Waals surface area contributed by atoms with E-state index < -0.39 is 16.0 Å². The van der Waals surface area contributed by atoms with Crippen molar-refractivity contribution in [3.05, 3.63) is 53.6 Å². The molecule has 0 radical (unpaired) electrons. The number of benzene rings is 2. The number of nitrogens with two attached hydrogens (primary N) is 1. The smallest absolute Gasteiger partial charge is 0.337 e. The second-order valence-electron chi connectivity index (χ2n) is 4.48. The first kappa shape index (κ1) is 14.9. The molecule has 0 aliphatic rings. The van der Waals surface area contributed by atoms with Gasteiger partial charge in [0.2, 0.25) is 0 Å². The number of carboxylic acid groups (broad SMARTS) is 1. The van der Waals surface area contributed by atoms with Gasteiger partial charge in [0.25, 0.3) is 10.0 Å². The summed E-state index contributed by atoms with van der Waals surface area (Å²) in [6, 6.07) is 10.2. The van der Waals surface area contributed by atoms with Crippen molar-refractivity contribution in [2.75, 3.05) is 10.5 Å². The van der Waals surface area contributed by atoms with Crippen LogP contribution in [0.2, 0.25) is 0 Å². The second-order valence-corrected chi connectivity index (χ2v) is 6.13. The number of anilines is 2. The van der Waals surface area contributed by atoms with Crippen LogP contribution in [0.4, 0.5) is 11.4 Å². The van der Waals surface area contributed by atoms with Crippen LogP contribution in [-0.4, -0.2) is 19.5 Å². The molecule has 0 atom stereocenters. The van der Waals surface area contributed by atoms with Gasteiger partial charge in [-0.3, -0.25) is 4.72 Å². The van der Waals surface area contributed by atoms with Gasteiger partial charge in [-0.2, -0.15) is 0 Å². The number of hydrogen-bond acceptors (Lipinski definition) is 4. The number of sulfonamides is 1. The van der Waals surface area contributed by atoms with Crippen molar-refractivity contribution in [3.8, 4) is 0 Å². The number of aryl methyl sites for hydroxylation is 1. The third-order valence-corrected chi connectivity index (χ3v) is 4.42. The number of hydrogen-bond donors (Lipinski definition) is 3. The lowest BCUT2D eigenvalue weighted by Crippen LogP contribution is -2.16. The van der Waals surface area contributed by atoms with Crippen LogP contribution in [0.5, 0.6) is 0 Å². The van der Waals surface area contributed by atoms with E-state index in [1.54, 1.807) is 13.0 Å². The molecule has 0 saturated carbocycles. The van der Waals surface area contributed by atoms with Gasteiger partial charge in [0.15, 0.2) is 0 Å². The van der Waals surface area contributed by atoms with Crippen molar-refractivity contribution in [1.29, 1.82) is 0 Å². The Bertz CT molecular complexity index is 800. The fourth-order valence-corrected chi connectivity index (χ4v) is 3.24. The predicted octanol–water partition coefficient (Wildman–Crippen LogP) is 2.08. The molecule has 21 heavy (non-hydrogen) atoms. The van der Waals surface area contributed by atoms with E-state index in [1.807, 2.05) is 0 Å². The maximum atomic E-state index is 12.4. The molecule has 7 heteroatoms. The fraction of sp³-hybridized carbons (Fsp3) is 0.0714. The van der Waals surface area contributed by atoms with E-state index in [1.165, 1.54) is 36.4 Å². The third kappa shape index (κ3) is 3.14. The number of aromatic carboxylic acids is 1. The summed E-state index contributed by atoms with van der Waals surface area (Å²) in [6.45, 7) is 1.62. The normalized spacial score (nSPS) is 11.1. The molecule has 0 saturated heterocycles. The van der Waals surface area contributed by atoms with Gasteiger partial charge < -0.3 is 10.8 Å². The van der Waals surface area contributed by atoms with Gasteiger partial charge in [0.05, 0.1) is 16.1 Å². The van der Waals surface area contributed by atoms with E-state index in [2.05, 4.69) is 4.72 Å². The Hall–Kier alpha value is -2.54. The SMILES string of the molecule is Cc1cc(N)ccc1S(=O)(=O)Nc1ccccc1C(=O)O. The molecule has 0 aromatic heterocycles. The molecular formula is C14H14N2O4S. The van der Waals surface area contributed by atoms with E-state index >= 15 is 0 Å². The van der Waals surface area contributed by atoms with Crippen LogP contribution in [0.15, 0.2) is 47.4 Å².